The Morgan fingerprint density at radius 2 is 1.82 bits per heavy atom. The molecule has 0 aliphatic carbocycles. The minimum atomic E-state index is -1.00. The van der Waals surface area contributed by atoms with Gasteiger partial charge in [0.2, 0.25) is 5.91 Å². The number of carbonyl (C=O) groups excluding carboxylic acids is 3. The third-order valence-electron chi connectivity index (χ3n) is 5.47. The van der Waals surface area contributed by atoms with Crippen LogP contribution >= 0.6 is 0 Å². The Labute approximate surface area is 163 Å². The summed E-state index contributed by atoms with van der Waals surface area (Å²) < 4.78 is 5.40. The van der Waals surface area contributed by atoms with Crippen LogP contribution in [0, 0.1) is 0 Å². The highest BCUT2D eigenvalue weighted by Crippen LogP contribution is 2.50. The number of fused-ring (bicyclic) bond motifs is 3. The highest BCUT2D eigenvalue weighted by Gasteiger charge is 2.59. The van der Waals surface area contributed by atoms with E-state index in [1.54, 1.807) is 41.0 Å². The van der Waals surface area contributed by atoms with Gasteiger partial charge in [0, 0.05) is 42.6 Å². The number of ether oxygens (including phenoxy) is 1. The van der Waals surface area contributed by atoms with E-state index in [1.165, 1.54) is 0 Å². The summed E-state index contributed by atoms with van der Waals surface area (Å²) in [6.07, 6.45) is 0.611. The Morgan fingerprint density at radius 3 is 2.57 bits per heavy atom. The highest BCUT2D eigenvalue weighted by molar-refractivity contribution is 6.02. The lowest BCUT2D eigenvalue weighted by Gasteiger charge is -2.40. The number of carbonyl (C=O) groups is 3. The lowest BCUT2D eigenvalue weighted by Crippen LogP contribution is -2.51. The molecule has 1 atom stereocenters. The van der Waals surface area contributed by atoms with Crippen molar-refractivity contribution in [2.24, 2.45) is 0 Å². The zero-order valence-corrected chi connectivity index (χ0v) is 16.0. The average Bonchev–Trinajstić information content (AvgIpc) is 3.23. The molecule has 6 heteroatoms. The number of rotatable bonds is 4. The third kappa shape index (κ3) is 2.44. The van der Waals surface area contributed by atoms with Crippen LogP contribution in [0.1, 0.15) is 48.2 Å². The maximum Gasteiger partial charge on any atom is 0.310 e. The molecule has 2 aliphatic rings. The van der Waals surface area contributed by atoms with E-state index in [9.17, 15) is 14.4 Å². The fourth-order valence-electron chi connectivity index (χ4n) is 4.27. The van der Waals surface area contributed by atoms with Gasteiger partial charge in [-0.2, -0.15) is 0 Å². The van der Waals surface area contributed by atoms with Gasteiger partial charge in [0.25, 0.3) is 5.91 Å². The fraction of sp³-hybridized carbons (Fsp3) is 0.318. The molecular weight excluding hydrogens is 356 g/mol. The van der Waals surface area contributed by atoms with E-state index in [2.05, 4.69) is 0 Å². The third-order valence-corrected chi connectivity index (χ3v) is 5.47. The van der Waals surface area contributed by atoms with Gasteiger partial charge in [0.1, 0.15) is 5.75 Å². The summed E-state index contributed by atoms with van der Waals surface area (Å²) in [7, 11) is 0. The Balaban J connectivity index is 1.93. The zero-order chi connectivity index (χ0) is 19.9. The minimum absolute atomic E-state index is 0.0250. The Kier molecular flexibility index (Phi) is 4.41. The van der Waals surface area contributed by atoms with Crippen molar-refractivity contribution in [1.29, 1.82) is 0 Å². The van der Waals surface area contributed by atoms with E-state index in [1.807, 2.05) is 31.2 Å². The van der Waals surface area contributed by atoms with Crippen LogP contribution in [0.5, 0.6) is 5.75 Å². The second kappa shape index (κ2) is 6.78. The molecule has 1 saturated heterocycles. The summed E-state index contributed by atoms with van der Waals surface area (Å²) in [4.78, 5) is 41.3. The summed E-state index contributed by atoms with van der Waals surface area (Å²) in [6.45, 7) is 4.47. The smallest absolute Gasteiger partial charge is 0.310 e. The van der Waals surface area contributed by atoms with Crippen LogP contribution < -0.4 is 4.74 Å². The van der Waals surface area contributed by atoms with Gasteiger partial charge < -0.3 is 14.5 Å². The molecule has 0 saturated carbocycles. The molecule has 0 N–H and O–H groups in total. The normalized spacial score (nSPS) is 20.1. The van der Waals surface area contributed by atoms with Crippen LogP contribution in [-0.4, -0.2) is 40.7 Å². The molecule has 0 spiro atoms. The van der Waals surface area contributed by atoms with Crippen molar-refractivity contribution in [3.05, 3.63) is 65.2 Å². The van der Waals surface area contributed by atoms with Gasteiger partial charge in [0.05, 0.1) is 0 Å². The van der Waals surface area contributed by atoms with Gasteiger partial charge in [-0.25, -0.2) is 0 Å². The largest absolute Gasteiger partial charge is 0.427 e. The first-order valence-electron chi connectivity index (χ1n) is 9.57. The molecule has 0 radical (unpaired) electrons. The van der Waals surface area contributed by atoms with Gasteiger partial charge >= 0.3 is 5.97 Å². The predicted molar refractivity (Wildman–Crippen MR) is 103 cm³/mol. The van der Waals surface area contributed by atoms with Crippen molar-refractivity contribution in [1.82, 2.24) is 9.80 Å². The lowest BCUT2D eigenvalue weighted by molar-refractivity contribution is -0.136. The van der Waals surface area contributed by atoms with Crippen LogP contribution in [0.2, 0.25) is 0 Å². The van der Waals surface area contributed by atoms with Crippen molar-refractivity contribution >= 4 is 17.8 Å². The first kappa shape index (κ1) is 18.2. The highest BCUT2D eigenvalue weighted by atomic mass is 16.5. The summed E-state index contributed by atoms with van der Waals surface area (Å²) in [5, 5.41) is 0. The van der Waals surface area contributed by atoms with Gasteiger partial charge in [0.15, 0.2) is 5.66 Å². The van der Waals surface area contributed by atoms with E-state index in [0.717, 1.165) is 11.1 Å². The van der Waals surface area contributed by atoms with Gasteiger partial charge in [-0.15, -0.1) is 0 Å². The van der Waals surface area contributed by atoms with Crippen LogP contribution in [0.4, 0.5) is 0 Å². The van der Waals surface area contributed by atoms with Crippen molar-refractivity contribution in [3.8, 4) is 5.75 Å². The number of nitrogens with zero attached hydrogens (tertiary/aromatic N) is 2. The fourth-order valence-corrected chi connectivity index (χ4v) is 4.27. The molecular formula is C22H22N2O4. The summed E-state index contributed by atoms with van der Waals surface area (Å²) >= 11 is 0. The second-order valence-electron chi connectivity index (χ2n) is 6.93. The van der Waals surface area contributed by atoms with Crippen LogP contribution in [0.3, 0.4) is 0 Å². The number of hydrogen-bond acceptors (Lipinski definition) is 4. The molecule has 2 aliphatic heterocycles. The number of esters is 1. The molecule has 28 heavy (non-hydrogen) atoms. The van der Waals surface area contributed by atoms with Crippen LogP contribution in [0.15, 0.2) is 48.5 Å². The summed E-state index contributed by atoms with van der Waals surface area (Å²) in [5.41, 5.74) is 1.13. The maximum absolute atomic E-state index is 13.1. The average molecular weight is 378 g/mol. The van der Waals surface area contributed by atoms with Gasteiger partial charge in [-0.1, -0.05) is 44.2 Å². The lowest BCUT2D eigenvalue weighted by atomic mass is 9.89. The molecule has 2 aromatic carbocycles. The monoisotopic (exact) mass is 378 g/mol. The molecule has 0 bridgehead atoms. The Bertz CT molecular complexity index is 971. The molecule has 6 nitrogen and oxygen atoms in total. The first-order valence-corrected chi connectivity index (χ1v) is 9.57. The van der Waals surface area contributed by atoms with Crippen LogP contribution in [0.25, 0.3) is 0 Å². The maximum atomic E-state index is 13.1. The van der Waals surface area contributed by atoms with Gasteiger partial charge in [-0.3, -0.25) is 14.4 Å². The molecule has 2 heterocycles. The van der Waals surface area contributed by atoms with Crippen LogP contribution in [-0.2, 0) is 15.3 Å². The quantitative estimate of drug-likeness (QED) is 0.606. The number of benzene rings is 2. The number of hydrogen-bond donors (Lipinski definition) is 0. The topological polar surface area (TPSA) is 66.9 Å². The minimum Gasteiger partial charge on any atom is -0.427 e. The Morgan fingerprint density at radius 1 is 1.04 bits per heavy atom. The van der Waals surface area contributed by atoms with Gasteiger partial charge in [-0.05, 0) is 18.2 Å². The summed E-state index contributed by atoms with van der Waals surface area (Å²) in [5.74, 6) is -0.0328. The van der Waals surface area contributed by atoms with E-state index in [4.69, 9.17) is 4.74 Å². The zero-order valence-electron chi connectivity index (χ0n) is 16.0. The van der Waals surface area contributed by atoms with Crippen molar-refractivity contribution in [3.63, 3.8) is 0 Å². The van der Waals surface area contributed by atoms with E-state index in [0.29, 0.717) is 30.8 Å². The van der Waals surface area contributed by atoms with Crippen molar-refractivity contribution in [2.45, 2.75) is 32.4 Å². The molecule has 2 aromatic rings. The molecule has 1 fully saturated rings. The van der Waals surface area contributed by atoms with E-state index >= 15 is 0 Å². The molecule has 1 unspecified atom stereocenters. The first-order chi connectivity index (χ1) is 13.5. The molecule has 144 valence electrons. The van der Waals surface area contributed by atoms with Crippen molar-refractivity contribution < 1.29 is 19.1 Å². The second-order valence-corrected chi connectivity index (χ2v) is 6.93. The van der Waals surface area contributed by atoms with Crippen molar-refractivity contribution in [2.75, 3.05) is 13.1 Å². The molecule has 0 aromatic heterocycles. The Hall–Kier alpha value is -3.15. The molecule has 2 amide bonds. The van der Waals surface area contributed by atoms with E-state index < -0.39 is 5.66 Å². The molecule has 4 rings (SSSR count). The van der Waals surface area contributed by atoms with E-state index in [-0.39, 0.29) is 24.2 Å². The predicted octanol–water partition coefficient (Wildman–Crippen LogP) is 2.91. The standard InChI is InChI=1S/C22H22N2O4/c1-3-19(25)23-12-13-24-21(27)17-10-5-6-11-18(17)22(23,24)15-8-7-9-16(14-15)28-20(26)4-2/h5-11,14H,3-4,12-13H2,1-2H3. The summed E-state index contributed by atoms with van der Waals surface area (Å²) in [6, 6.07) is 14.6. The number of amides is 2. The SMILES string of the molecule is CCC(=O)Oc1cccc(C23c4ccccc4C(=O)N2CCN3C(=O)CC)c1.